The van der Waals surface area contributed by atoms with Crippen LogP contribution in [-0.2, 0) is 0 Å². The van der Waals surface area contributed by atoms with Gasteiger partial charge < -0.3 is 10.6 Å². The molecule has 1 saturated carbocycles. The first-order valence-electron chi connectivity index (χ1n) is 7.77. The summed E-state index contributed by atoms with van der Waals surface area (Å²) in [6.45, 7) is 4.84. The Morgan fingerprint density at radius 1 is 1.05 bits per heavy atom. The van der Waals surface area contributed by atoms with Crippen LogP contribution in [0, 0.1) is 5.92 Å². The van der Waals surface area contributed by atoms with Gasteiger partial charge in [0.25, 0.3) is 0 Å². The molecule has 0 atom stereocenters. The number of likely N-dealkylation sites (tertiary alicyclic amines) is 1. The molecule has 0 spiro atoms. The molecule has 0 bridgehead atoms. The van der Waals surface area contributed by atoms with E-state index in [1.807, 2.05) is 12.3 Å². The third-order valence-electron chi connectivity index (χ3n) is 5.00. The first kappa shape index (κ1) is 13.0. The highest BCUT2D eigenvalue weighted by molar-refractivity contribution is 5.24. The van der Waals surface area contributed by atoms with Crippen LogP contribution in [0.4, 0.5) is 5.82 Å². The topological polar surface area (TPSA) is 47.1 Å². The van der Waals surface area contributed by atoms with Gasteiger partial charge in [0.2, 0.25) is 0 Å². The van der Waals surface area contributed by atoms with Gasteiger partial charge in [0, 0.05) is 25.3 Å². The Hall–Kier alpha value is -1.03. The predicted octanol–water partition coefficient (Wildman–Crippen LogP) is 2.68. The van der Waals surface area contributed by atoms with Crippen LogP contribution in [-0.4, -0.2) is 33.8 Å². The molecule has 2 N–H and O–H groups in total. The van der Waals surface area contributed by atoms with E-state index in [0.29, 0.717) is 11.9 Å². The molecule has 2 heterocycles. The number of aromatic nitrogens is 2. The summed E-state index contributed by atoms with van der Waals surface area (Å²) in [5.41, 5.74) is 5.70. The number of hydrogen-bond donors (Lipinski definition) is 1. The Labute approximate surface area is 116 Å². The van der Waals surface area contributed by atoms with Crippen LogP contribution in [0.5, 0.6) is 0 Å². The molecule has 0 unspecified atom stereocenters. The average Bonchev–Trinajstić information content (AvgIpc) is 2.87. The zero-order valence-electron chi connectivity index (χ0n) is 12.0. The minimum atomic E-state index is 0.552. The lowest BCUT2D eigenvalue weighted by atomic mass is 9.85. The molecule has 4 nitrogen and oxygen atoms in total. The van der Waals surface area contributed by atoms with Gasteiger partial charge in [-0.25, -0.2) is 0 Å². The SMILES string of the molecule is CC1CCC(N2CCC(n3ccc(N)n3)CC2)CC1. The quantitative estimate of drug-likeness (QED) is 0.891. The van der Waals surface area contributed by atoms with Gasteiger partial charge in [-0.2, -0.15) is 5.10 Å². The van der Waals surface area contributed by atoms with Crippen molar-refractivity contribution in [2.75, 3.05) is 18.8 Å². The van der Waals surface area contributed by atoms with Crippen molar-refractivity contribution in [3.63, 3.8) is 0 Å². The molecule has 1 aliphatic heterocycles. The van der Waals surface area contributed by atoms with Crippen LogP contribution in [0.15, 0.2) is 12.3 Å². The Morgan fingerprint density at radius 2 is 1.74 bits per heavy atom. The summed E-state index contributed by atoms with van der Waals surface area (Å²) >= 11 is 0. The van der Waals surface area contributed by atoms with Gasteiger partial charge in [0.15, 0.2) is 0 Å². The van der Waals surface area contributed by atoms with E-state index >= 15 is 0 Å². The van der Waals surface area contributed by atoms with Crippen molar-refractivity contribution >= 4 is 5.82 Å². The third kappa shape index (κ3) is 2.94. The highest BCUT2D eigenvalue weighted by Gasteiger charge is 2.28. The molecule has 3 rings (SSSR count). The first-order chi connectivity index (χ1) is 9.22. The van der Waals surface area contributed by atoms with E-state index in [1.54, 1.807) is 0 Å². The average molecular weight is 262 g/mol. The van der Waals surface area contributed by atoms with Gasteiger partial charge >= 0.3 is 0 Å². The Kier molecular flexibility index (Phi) is 3.78. The predicted molar refractivity (Wildman–Crippen MR) is 77.9 cm³/mol. The summed E-state index contributed by atoms with van der Waals surface area (Å²) in [5.74, 6) is 1.59. The normalized spacial score (nSPS) is 30.6. The summed E-state index contributed by atoms with van der Waals surface area (Å²) in [7, 11) is 0. The second kappa shape index (κ2) is 5.53. The maximum absolute atomic E-state index is 5.70. The zero-order valence-corrected chi connectivity index (χ0v) is 12.0. The van der Waals surface area contributed by atoms with Crippen molar-refractivity contribution in [3.8, 4) is 0 Å². The van der Waals surface area contributed by atoms with Crippen molar-refractivity contribution in [2.24, 2.45) is 5.92 Å². The highest BCUT2D eigenvalue weighted by atomic mass is 15.3. The van der Waals surface area contributed by atoms with Crippen LogP contribution in [0.25, 0.3) is 0 Å². The molecule has 1 saturated heterocycles. The van der Waals surface area contributed by atoms with E-state index in [4.69, 9.17) is 5.73 Å². The molecular weight excluding hydrogens is 236 g/mol. The van der Waals surface area contributed by atoms with Crippen LogP contribution >= 0.6 is 0 Å². The molecular formula is C15H26N4. The van der Waals surface area contributed by atoms with Crippen molar-refractivity contribution in [1.29, 1.82) is 0 Å². The lowest BCUT2D eigenvalue weighted by Gasteiger charge is -2.40. The van der Waals surface area contributed by atoms with Gasteiger partial charge in [-0.15, -0.1) is 0 Å². The monoisotopic (exact) mass is 262 g/mol. The van der Waals surface area contributed by atoms with Crippen molar-refractivity contribution in [1.82, 2.24) is 14.7 Å². The van der Waals surface area contributed by atoms with E-state index < -0.39 is 0 Å². The third-order valence-corrected chi connectivity index (χ3v) is 5.00. The van der Waals surface area contributed by atoms with Crippen molar-refractivity contribution < 1.29 is 0 Å². The maximum Gasteiger partial charge on any atom is 0.145 e. The number of nitrogen functional groups attached to an aromatic ring is 1. The van der Waals surface area contributed by atoms with Crippen LogP contribution in [0.2, 0.25) is 0 Å². The Bertz CT molecular complexity index is 398. The minimum Gasteiger partial charge on any atom is -0.382 e. The van der Waals surface area contributed by atoms with Gasteiger partial charge in [0.1, 0.15) is 5.82 Å². The van der Waals surface area contributed by atoms with E-state index in [9.17, 15) is 0 Å². The fourth-order valence-electron chi connectivity index (χ4n) is 3.68. The smallest absolute Gasteiger partial charge is 0.145 e. The first-order valence-corrected chi connectivity index (χ1v) is 7.77. The van der Waals surface area contributed by atoms with Crippen molar-refractivity contribution in [2.45, 2.75) is 57.5 Å². The minimum absolute atomic E-state index is 0.552. The largest absolute Gasteiger partial charge is 0.382 e. The summed E-state index contributed by atoms with van der Waals surface area (Å²) < 4.78 is 2.07. The Morgan fingerprint density at radius 3 is 2.32 bits per heavy atom. The molecule has 1 aromatic rings. The number of hydrogen-bond acceptors (Lipinski definition) is 3. The zero-order chi connectivity index (χ0) is 13.2. The Balaban J connectivity index is 1.52. The second-order valence-electron chi connectivity index (χ2n) is 6.40. The van der Waals surface area contributed by atoms with E-state index in [0.717, 1.165) is 12.0 Å². The van der Waals surface area contributed by atoms with Gasteiger partial charge in [0.05, 0.1) is 6.04 Å². The van der Waals surface area contributed by atoms with Gasteiger partial charge in [-0.3, -0.25) is 4.68 Å². The lowest BCUT2D eigenvalue weighted by Crippen LogP contribution is -2.43. The van der Waals surface area contributed by atoms with Crippen LogP contribution in [0.3, 0.4) is 0 Å². The molecule has 0 amide bonds. The molecule has 1 aliphatic carbocycles. The number of nitrogens with two attached hydrogens (primary N) is 1. The van der Waals surface area contributed by atoms with E-state index in [2.05, 4.69) is 21.6 Å². The molecule has 106 valence electrons. The van der Waals surface area contributed by atoms with Crippen LogP contribution < -0.4 is 5.73 Å². The molecule has 2 aliphatic rings. The molecule has 0 radical (unpaired) electrons. The fraction of sp³-hybridized carbons (Fsp3) is 0.800. The number of nitrogens with zero attached hydrogens (tertiary/aromatic N) is 3. The number of anilines is 1. The second-order valence-corrected chi connectivity index (χ2v) is 6.40. The van der Waals surface area contributed by atoms with E-state index in [-0.39, 0.29) is 0 Å². The van der Waals surface area contributed by atoms with Crippen molar-refractivity contribution in [3.05, 3.63) is 12.3 Å². The fourth-order valence-corrected chi connectivity index (χ4v) is 3.68. The van der Waals surface area contributed by atoms with Gasteiger partial charge in [-0.05, 0) is 50.5 Å². The van der Waals surface area contributed by atoms with Crippen LogP contribution in [0.1, 0.15) is 51.5 Å². The van der Waals surface area contributed by atoms with E-state index in [1.165, 1.54) is 51.6 Å². The standard InChI is InChI=1S/C15H26N4/c1-12-2-4-13(5-3-12)18-9-6-14(7-10-18)19-11-8-15(16)17-19/h8,11-14H,2-7,9-10H2,1H3,(H2,16,17). The molecule has 1 aromatic heterocycles. The molecule has 2 fully saturated rings. The number of piperidine rings is 1. The molecule has 0 aromatic carbocycles. The maximum atomic E-state index is 5.70. The summed E-state index contributed by atoms with van der Waals surface area (Å²) in [5, 5.41) is 4.36. The molecule has 19 heavy (non-hydrogen) atoms. The highest BCUT2D eigenvalue weighted by Crippen LogP contribution is 2.31. The van der Waals surface area contributed by atoms with Gasteiger partial charge in [-0.1, -0.05) is 6.92 Å². The number of rotatable bonds is 2. The lowest BCUT2D eigenvalue weighted by molar-refractivity contribution is 0.0961. The molecule has 4 heteroatoms. The summed E-state index contributed by atoms with van der Waals surface area (Å²) in [6.07, 6.45) is 10.1. The summed E-state index contributed by atoms with van der Waals surface area (Å²) in [4.78, 5) is 2.72. The summed E-state index contributed by atoms with van der Waals surface area (Å²) in [6, 6.07) is 3.30.